The largest absolute Gasteiger partial charge is 0.416 e. The fourth-order valence-electron chi connectivity index (χ4n) is 3.25. The van der Waals surface area contributed by atoms with Crippen LogP contribution in [0.25, 0.3) is 0 Å². The molecule has 1 atom stereocenters. The summed E-state index contributed by atoms with van der Waals surface area (Å²) in [6.45, 7) is 2.08. The molecular weight excluding hydrogens is 413 g/mol. The van der Waals surface area contributed by atoms with Crippen LogP contribution in [-0.4, -0.2) is 17.6 Å². The molecule has 0 radical (unpaired) electrons. The highest BCUT2D eigenvalue weighted by molar-refractivity contribution is 8.00. The fourth-order valence-corrected chi connectivity index (χ4v) is 4.43. The van der Waals surface area contributed by atoms with Crippen molar-refractivity contribution in [1.29, 1.82) is 0 Å². The van der Waals surface area contributed by atoms with Crippen LogP contribution in [0.15, 0.2) is 48.5 Å². The van der Waals surface area contributed by atoms with E-state index in [1.165, 1.54) is 28.8 Å². The minimum atomic E-state index is -4.42. The molecule has 0 aliphatic carbocycles. The molecular formula is C22H23F3N2O2S. The van der Waals surface area contributed by atoms with Gasteiger partial charge >= 0.3 is 6.18 Å². The number of alkyl halides is 3. The third-order valence-corrected chi connectivity index (χ3v) is 6.04. The van der Waals surface area contributed by atoms with E-state index in [1.54, 1.807) is 12.1 Å². The summed E-state index contributed by atoms with van der Waals surface area (Å²) in [5.41, 5.74) is 1.20. The lowest BCUT2D eigenvalue weighted by molar-refractivity contribution is -0.137. The van der Waals surface area contributed by atoms with Gasteiger partial charge in [0.15, 0.2) is 0 Å². The van der Waals surface area contributed by atoms with Crippen LogP contribution in [0.5, 0.6) is 0 Å². The van der Waals surface area contributed by atoms with E-state index in [4.69, 9.17) is 0 Å². The van der Waals surface area contributed by atoms with Crippen molar-refractivity contribution in [3.8, 4) is 0 Å². The lowest BCUT2D eigenvalue weighted by Gasteiger charge is -2.25. The van der Waals surface area contributed by atoms with Crippen molar-refractivity contribution in [2.75, 3.05) is 16.0 Å². The van der Waals surface area contributed by atoms with Crippen LogP contribution in [0.1, 0.15) is 49.1 Å². The number of amides is 2. The Bertz CT molecular complexity index is 883. The molecule has 2 amide bonds. The lowest BCUT2D eigenvalue weighted by atomic mass is 10.1. The highest BCUT2D eigenvalue weighted by Gasteiger charge is 2.35. The number of carbonyl (C=O) groups excluding carboxylic acids is 2. The Hall–Kier alpha value is -2.48. The number of nitrogens with one attached hydrogen (secondary N) is 1. The van der Waals surface area contributed by atoms with Crippen LogP contribution in [0.4, 0.5) is 24.5 Å². The maximum Gasteiger partial charge on any atom is 0.416 e. The van der Waals surface area contributed by atoms with E-state index in [1.807, 2.05) is 12.1 Å². The van der Waals surface area contributed by atoms with Crippen LogP contribution < -0.4 is 10.2 Å². The molecule has 0 spiro atoms. The molecule has 1 unspecified atom stereocenters. The molecule has 2 aromatic carbocycles. The van der Waals surface area contributed by atoms with Crippen molar-refractivity contribution in [3.05, 3.63) is 59.7 Å². The maximum absolute atomic E-state index is 12.8. The molecule has 1 heterocycles. The third kappa shape index (κ3) is 5.36. The molecule has 4 nitrogen and oxygen atoms in total. The zero-order valence-corrected chi connectivity index (χ0v) is 17.4. The smallest absolute Gasteiger partial charge is 0.326 e. The highest BCUT2D eigenvalue weighted by Crippen LogP contribution is 2.42. The van der Waals surface area contributed by atoms with E-state index in [0.29, 0.717) is 17.8 Å². The number of hydrogen-bond acceptors (Lipinski definition) is 3. The average Bonchev–Trinajstić information content (AvgIpc) is 3.09. The number of rotatable bonds is 7. The van der Waals surface area contributed by atoms with Gasteiger partial charge in [-0.15, -0.1) is 11.8 Å². The topological polar surface area (TPSA) is 49.4 Å². The number of benzene rings is 2. The number of unbranched alkanes of at least 4 members (excludes halogenated alkanes) is 2. The third-order valence-electron chi connectivity index (χ3n) is 4.83. The average molecular weight is 436 g/mol. The fraction of sp³-hybridized carbons (Fsp3) is 0.364. The molecule has 0 saturated carbocycles. The van der Waals surface area contributed by atoms with E-state index in [0.717, 1.165) is 37.0 Å². The summed E-state index contributed by atoms with van der Waals surface area (Å²) >= 11 is 1.42. The molecule has 160 valence electrons. The molecule has 1 aliphatic heterocycles. The molecule has 3 rings (SSSR count). The molecule has 0 bridgehead atoms. The molecule has 1 fully saturated rings. The van der Waals surface area contributed by atoms with Crippen molar-refractivity contribution < 1.29 is 22.8 Å². The Balaban J connectivity index is 1.71. The zero-order valence-electron chi connectivity index (χ0n) is 16.5. The van der Waals surface area contributed by atoms with Crippen molar-refractivity contribution in [2.24, 2.45) is 0 Å². The normalized spacial score (nSPS) is 16.7. The molecule has 1 N–H and O–H groups in total. The second kappa shape index (κ2) is 9.55. The number of hydrogen-bond donors (Lipinski definition) is 1. The van der Waals surface area contributed by atoms with Gasteiger partial charge in [-0.1, -0.05) is 31.9 Å². The Morgan fingerprint density at radius 3 is 2.37 bits per heavy atom. The van der Waals surface area contributed by atoms with Gasteiger partial charge in [0.2, 0.25) is 11.8 Å². The van der Waals surface area contributed by atoms with E-state index in [9.17, 15) is 22.8 Å². The first kappa shape index (κ1) is 22.2. The molecule has 1 aliphatic rings. The van der Waals surface area contributed by atoms with Crippen LogP contribution in [0.3, 0.4) is 0 Å². The molecule has 30 heavy (non-hydrogen) atoms. The Morgan fingerprint density at radius 2 is 1.77 bits per heavy atom. The van der Waals surface area contributed by atoms with Gasteiger partial charge in [0, 0.05) is 17.8 Å². The van der Waals surface area contributed by atoms with Gasteiger partial charge < -0.3 is 5.32 Å². The van der Waals surface area contributed by atoms with Gasteiger partial charge in [-0.25, -0.2) is 0 Å². The first-order valence-electron chi connectivity index (χ1n) is 9.80. The molecule has 0 aromatic heterocycles. The highest BCUT2D eigenvalue weighted by atomic mass is 32.2. The van der Waals surface area contributed by atoms with Crippen molar-refractivity contribution in [1.82, 2.24) is 0 Å². The van der Waals surface area contributed by atoms with E-state index in [-0.39, 0.29) is 22.9 Å². The quantitative estimate of drug-likeness (QED) is 0.542. The van der Waals surface area contributed by atoms with Gasteiger partial charge in [-0.05, 0) is 48.4 Å². The van der Waals surface area contributed by atoms with Crippen LogP contribution >= 0.6 is 11.8 Å². The number of thioether (sulfide) groups is 1. The number of nitrogens with zero attached hydrogens (tertiary/aromatic N) is 1. The molecule has 8 heteroatoms. The second-order valence-electron chi connectivity index (χ2n) is 7.10. The van der Waals surface area contributed by atoms with Gasteiger partial charge in [0.1, 0.15) is 5.37 Å². The number of halogens is 3. The molecule has 1 saturated heterocycles. The Morgan fingerprint density at radius 1 is 1.10 bits per heavy atom. The van der Waals surface area contributed by atoms with Crippen LogP contribution in [0.2, 0.25) is 0 Å². The van der Waals surface area contributed by atoms with Crippen molar-refractivity contribution in [2.45, 2.75) is 44.2 Å². The first-order chi connectivity index (χ1) is 14.3. The summed E-state index contributed by atoms with van der Waals surface area (Å²) in [5.74, 6) is 0.0628. The van der Waals surface area contributed by atoms with Crippen LogP contribution in [0, 0.1) is 0 Å². The van der Waals surface area contributed by atoms with E-state index < -0.39 is 11.7 Å². The molecule has 2 aromatic rings. The Labute approximate surface area is 177 Å². The minimum absolute atomic E-state index is 0.0343. The predicted octanol–water partition coefficient (Wildman–Crippen LogP) is 6.00. The second-order valence-corrected chi connectivity index (χ2v) is 8.17. The van der Waals surface area contributed by atoms with Gasteiger partial charge in [-0.3, -0.25) is 14.5 Å². The summed E-state index contributed by atoms with van der Waals surface area (Å²) in [6.07, 6.45) is -1.03. The van der Waals surface area contributed by atoms with E-state index >= 15 is 0 Å². The Kier molecular flexibility index (Phi) is 7.07. The van der Waals surface area contributed by atoms with Crippen LogP contribution in [-0.2, 0) is 15.8 Å². The van der Waals surface area contributed by atoms with Gasteiger partial charge in [0.25, 0.3) is 0 Å². The maximum atomic E-state index is 12.8. The van der Waals surface area contributed by atoms with Gasteiger partial charge in [-0.2, -0.15) is 13.2 Å². The zero-order chi connectivity index (χ0) is 21.7. The SMILES string of the molecule is CCCCCC(=O)Nc1ccc(C2SCC(=O)N2c2ccc(C(F)(F)F)cc2)cc1. The summed E-state index contributed by atoms with van der Waals surface area (Å²) in [5, 5.41) is 2.53. The predicted molar refractivity (Wildman–Crippen MR) is 113 cm³/mol. The lowest BCUT2D eigenvalue weighted by Crippen LogP contribution is -2.27. The monoisotopic (exact) mass is 436 g/mol. The standard InChI is InChI=1S/C22H23F3N2O2S/c1-2-3-4-5-19(28)26-17-10-6-15(7-11-17)21-27(20(29)14-30-21)18-12-8-16(9-13-18)22(23,24)25/h6-13,21H,2-5,14H2,1H3,(H,26,28). The van der Waals surface area contributed by atoms with Crippen molar-refractivity contribution in [3.63, 3.8) is 0 Å². The summed E-state index contributed by atoms with van der Waals surface area (Å²) in [6, 6.07) is 11.8. The summed E-state index contributed by atoms with van der Waals surface area (Å²) < 4.78 is 38.4. The van der Waals surface area contributed by atoms with Crippen molar-refractivity contribution >= 4 is 35.0 Å². The van der Waals surface area contributed by atoms with E-state index in [2.05, 4.69) is 12.2 Å². The summed E-state index contributed by atoms with van der Waals surface area (Å²) in [4.78, 5) is 25.9. The van der Waals surface area contributed by atoms with Gasteiger partial charge in [0.05, 0.1) is 11.3 Å². The number of carbonyl (C=O) groups is 2. The first-order valence-corrected chi connectivity index (χ1v) is 10.8. The number of anilines is 2. The summed E-state index contributed by atoms with van der Waals surface area (Å²) in [7, 11) is 0. The minimum Gasteiger partial charge on any atom is -0.326 e.